The second kappa shape index (κ2) is 8.07. The van der Waals surface area contributed by atoms with Gasteiger partial charge in [0.2, 0.25) is 0 Å². The van der Waals surface area contributed by atoms with E-state index in [2.05, 4.69) is 0 Å². The molecule has 0 aromatic heterocycles. The average Bonchev–Trinajstić information content (AvgIpc) is 2.76. The summed E-state index contributed by atoms with van der Waals surface area (Å²) in [6, 6.07) is 26.1. The highest BCUT2D eigenvalue weighted by Crippen LogP contribution is 2.26. The van der Waals surface area contributed by atoms with Crippen LogP contribution in [-0.2, 0) is 0 Å². The van der Waals surface area contributed by atoms with Crippen molar-refractivity contribution in [1.82, 2.24) is 0 Å². The van der Waals surface area contributed by atoms with Crippen molar-refractivity contribution in [2.75, 3.05) is 0 Å². The normalized spacial score (nSPS) is 10.6. The number of ketones is 1. The maximum atomic E-state index is 13.0. The molecule has 0 aliphatic carbocycles. The molecule has 29 heavy (non-hydrogen) atoms. The van der Waals surface area contributed by atoms with E-state index in [1.807, 2.05) is 36.4 Å². The van der Waals surface area contributed by atoms with Gasteiger partial charge in [0.25, 0.3) is 0 Å². The van der Waals surface area contributed by atoms with Crippen molar-refractivity contribution in [3.8, 4) is 22.6 Å². The van der Waals surface area contributed by atoms with Crippen molar-refractivity contribution in [2.45, 2.75) is 0 Å². The van der Waals surface area contributed by atoms with Crippen LogP contribution < -0.4 is 4.74 Å². The van der Waals surface area contributed by atoms with Gasteiger partial charge in [0.05, 0.1) is 0 Å². The highest BCUT2D eigenvalue weighted by Gasteiger charge is 2.09. The van der Waals surface area contributed by atoms with Crippen LogP contribution in [0.5, 0.6) is 11.5 Å². The Morgan fingerprint density at radius 1 is 0.517 bits per heavy atom. The van der Waals surface area contributed by atoms with Gasteiger partial charge in [-0.15, -0.1) is 0 Å². The first-order valence-corrected chi connectivity index (χ1v) is 9.03. The molecule has 0 saturated heterocycles. The van der Waals surface area contributed by atoms with Gasteiger partial charge in [-0.25, -0.2) is 8.78 Å². The minimum absolute atomic E-state index is 0.153. The number of ether oxygens (including phenoxy) is 1. The first-order valence-electron chi connectivity index (χ1n) is 9.03. The van der Waals surface area contributed by atoms with Crippen LogP contribution in [0.4, 0.5) is 8.78 Å². The molecule has 0 saturated carbocycles. The fourth-order valence-corrected chi connectivity index (χ4v) is 2.94. The molecule has 4 heteroatoms. The van der Waals surface area contributed by atoms with Crippen LogP contribution in [0.25, 0.3) is 11.1 Å². The van der Waals surface area contributed by atoms with E-state index in [-0.39, 0.29) is 17.4 Å². The van der Waals surface area contributed by atoms with Gasteiger partial charge < -0.3 is 4.74 Å². The first kappa shape index (κ1) is 18.6. The van der Waals surface area contributed by atoms with E-state index in [0.717, 1.165) is 11.1 Å². The van der Waals surface area contributed by atoms with Gasteiger partial charge in [0.1, 0.15) is 23.1 Å². The Kier molecular flexibility index (Phi) is 5.16. The molecule has 0 aliphatic heterocycles. The maximum Gasteiger partial charge on any atom is 0.193 e. The second-order valence-electron chi connectivity index (χ2n) is 6.49. The monoisotopic (exact) mass is 386 g/mol. The Bertz CT molecular complexity index is 1120. The molecule has 4 aromatic carbocycles. The Balaban J connectivity index is 1.48. The summed E-state index contributed by atoms with van der Waals surface area (Å²) >= 11 is 0. The molecule has 4 rings (SSSR count). The van der Waals surface area contributed by atoms with Crippen molar-refractivity contribution in [3.63, 3.8) is 0 Å². The molecule has 0 amide bonds. The minimum atomic E-state index is -0.372. The lowest BCUT2D eigenvalue weighted by Crippen LogP contribution is -2.01. The molecule has 0 N–H and O–H groups in total. The number of hydrogen-bond acceptors (Lipinski definition) is 2. The van der Waals surface area contributed by atoms with E-state index < -0.39 is 0 Å². The Hall–Kier alpha value is -3.79. The molecule has 0 aliphatic rings. The summed E-state index contributed by atoms with van der Waals surface area (Å²) in [5.74, 6) is 0.365. The molecule has 0 atom stereocenters. The standard InChI is InChI=1S/C25H16F2O2/c26-21-9-5-20(6-10-21)25(28)19-3-1-17(2-4-19)18-7-13-23(14-8-18)29-24-15-11-22(27)12-16-24/h1-16H. The van der Waals surface area contributed by atoms with Gasteiger partial charge in [-0.1, -0.05) is 36.4 Å². The zero-order valence-electron chi connectivity index (χ0n) is 15.3. The quantitative estimate of drug-likeness (QED) is 0.359. The summed E-state index contributed by atoms with van der Waals surface area (Å²) in [4.78, 5) is 12.5. The van der Waals surface area contributed by atoms with Crippen molar-refractivity contribution in [1.29, 1.82) is 0 Å². The molecule has 0 bridgehead atoms. The number of benzene rings is 4. The third-order valence-corrected chi connectivity index (χ3v) is 4.49. The van der Waals surface area contributed by atoms with Crippen LogP contribution in [0, 0.1) is 11.6 Å². The lowest BCUT2D eigenvalue weighted by molar-refractivity contribution is 0.103. The predicted molar refractivity (Wildman–Crippen MR) is 108 cm³/mol. The summed E-state index contributed by atoms with van der Waals surface area (Å²) in [6.45, 7) is 0. The minimum Gasteiger partial charge on any atom is -0.457 e. The van der Waals surface area contributed by atoms with Crippen LogP contribution in [0.2, 0.25) is 0 Å². The first-order chi connectivity index (χ1) is 14.1. The van der Waals surface area contributed by atoms with Gasteiger partial charge in [-0.3, -0.25) is 4.79 Å². The number of carbonyl (C=O) groups excluding carboxylic acids is 1. The second-order valence-corrected chi connectivity index (χ2v) is 6.49. The van der Waals surface area contributed by atoms with Crippen LogP contribution >= 0.6 is 0 Å². The highest BCUT2D eigenvalue weighted by atomic mass is 19.1. The van der Waals surface area contributed by atoms with Crippen LogP contribution in [0.15, 0.2) is 97.1 Å². The molecule has 0 heterocycles. The highest BCUT2D eigenvalue weighted by molar-refractivity contribution is 6.09. The average molecular weight is 386 g/mol. The zero-order chi connectivity index (χ0) is 20.2. The topological polar surface area (TPSA) is 26.3 Å². The van der Waals surface area contributed by atoms with E-state index >= 15 is 0 Å². The van der Waals surface area contributed by atoms with Crippen molar-refractivity contribution >= 4 is 5.78 Å². The molecule has 4 aromatic rings. The Labute approximate surface area is 167 Å². The molecule has 2 nitrogen and oxygen atoms in total. The molecule has 0 spiro atoms. The summed E-state index contributed by atoms with van der Waals surface area (Å²) < 4.78 is 31.7. The van der Waals surface area contributed by atoms with Crippen molar-refractivity contribution in [3.05, 3.63) is 120 Å². The summed E-state index contributed by atoms with van der Waals surface area (Å²) in [6.07, 6.45) is 0. The third-order valence-electron chi connectivity index (χ3n) is 4.49. The number of rotatable bonds is 5. The van der Waals surface area contributed by atoms with Crippen molar-refractivity contribution < 1.29 is 18.3 Å². The lowest BCUT2D eigenvalue weighted by atomic mass is 9.99. The van der Waals surface area contributed by atoms with Gasteiger partial charge >= 0.3 is 0 Å². The number of hydrogen-bond donors (Lipinski definition) is 0. The molecule has 0 fully saturated rings. The van der Waals surface area contributed by atoms with Gasteiger partial charge in [0, 0.05) is 11.1 Å². The van der Waals surface area contributed by atoms with E-state index in [9.17, 15) is 13.6 Å². The molecule has 142 valence electrons. The van der Waals surface area contributed by atoms with E-state index in [0.29, 0.717) is 22.6 Å². The van der Waals surface area contributed by atoms with E-state index in [1.165, 1.54) is 36.4 Å². The predicted octanol–water partition coefficient (Wildman–Crippen LogP) is 6.66. The van der Waals surface area contributed by atoms with Crippen molar-refractivity contribution in [2.24, 2.45) is 0 Å². The van der Waals surface area contributed by atoms with Gasteiger partial charge in [0.15, 0.2) is 5.78 Å². The fraction of sp³-hybridized carbons (Fsp3) is 0. The van der Waals surface area contributed by atoms with Crippen LogP contribution in [0.3, 0.4) is 0 Å². The number of halogens is 2. The van der Waals surface area contributed by atoms with E-state index in [4.69, 9.17) is 4.74 Å². The van der Waals surface area contributed by atoms with Gasteiger partial charge in [-0.05, 0) is 71.8 Å². The molecule has 0 radical (unpaired) electrons. The largest absolute Gasteiger partial charge is 0.457 e. The van der Waals surface area contributed by atoms with Crippen LogP contribution in [-0.4, -0.2) is 5.78 Å². The van der Waals surface area contributed by atoms with Crippen LogP contribution in [0.1, 0.15) is 15.9 Å². The van der Waals surface area contributed by atoms with E-state index in [1.54, 1.807) is 24.3 Å². The lowest BCUT2D eigenvalue weighted by Gasteiger charge is -2.08. The molecular weight excluding hydrogens is 370 g/mol. The van der Waals surface area contributed by atoms with Gasteiger partial charge in [-0.2, -0.15) is 0 Å². The zero-order valence-corrected chi connectivity index (χ0v) is 15.3. The summed E-state index contributed by atoms with van der Waals surface area (Å²) in [5, 5.41) is 0. The fourth-order valence-electron chi connectivity index (χ4n) is 2.94. The third kappa shape index (κ3) is 4.38. The Morgan fingerprint density at radius 2 is 0.862 bits per heavy atom. The SMILES string of the molecule is O=C(c1ccc(F)cc1)c1ccc(-c2ccc(Oc3ccc(F)cc3)cc2)cc1. The number of carbonyl (C=O) groups is 1. The maximum absolute atomic E-state index is 13.0. The Morgan fingerprint density at radius 3 is 1.34 bits per heavy atom. The molecule has 0 unspecified atom stereocenters. The summed E-state index contributed by atoms with van der Waals surface area (Å²) in [5.41, 5.74) is 2.91. The summed E-state index contributed by atoms with van der Waals surface area (Å²) in [7, 11) is 0. The molecular formula is C25H16F2O2. The smallest absolute Gasteiger partial charge is 0.193 e.